The van der Waals surface area contributed by atoms with E-state index < -0.39 is 18.0 Å². The molecule has 0 bridgehead atoms. The van der Waals surface area contributed by atoms with E-state index in [1.807, 2.05) is 0 Å². The van der Waals surface area contributed by atoms with Crippen molar-refractivity contribution in [3.63, 3.8) is 0 Å². The molecule has 2 aromatic rings. The summed E-state index contributed by atoms with van der Waals surface area (Å²) >= 11 is 0. The van der Waals surface area contributed by atoms with Crippen molar-refractivity contribution in [1.29, 1.82) is 0 Å². The summed E-state index contributed by atoms with van der Waals surface area (Å²) in [6, 6.07) is 4.63. The second kappa shape index (κ2) is 10.0. The highest BCUT2D eigenvalue weighted by Gasteiger charge is 2.44. The highest BCUT2D eigenvalue weighted by atomic mass is 19.4. The van der Waals surface area contributed by atoms with Gasteiger partial charge in [-0.15, -0.1) is 0 Å². The lowest BCUT2D eigenvalue weighted by Gasteiger charge is -2.33. The molecule has 2 aromatic heterocycles. The van der Waals surface area contributed by atoms with E-state index in [1.54, 1.807) is 30.0 Å². The summed E-state index contributed by atoms with van der Waals surface area (Å²) in [5.41, 5.74) is 0.684. The third kappa shape index (κ3) is 5.51. The number of aromatic nitrogens is 2. The highest BCUT2D eigenvalue weighted by Crippen LogP contribution is 2.40. The van der Waals surface area contributed by atoms with Crippen LogP contribution in [0.3, 0.4) is 0 Å². The van der Waals surface area contributed by atoms with Crippen molar-refractivity contribution >= 4 is 17.7 Å². The predicted molar refractivity (Wildman–Crippen MR) is 115 cm³/mol. The molecule has 1 saturated carbocycles. The number of alkyl halides is 3. The molecule has 0 unspecified atom stereocenters. The van der Waals surface area contributed by atoms with Crippen LogP contribution in [0.1, 0.15) is 54.7 Å². The number of hydrogen-bond donors (Lipinski definition) is 1. The van der Waals surface area contributed by atoms with Crippen LogP contribution < -0.4 is 10.1 Å². The summed E-state index contributed by atoms with van der Waals surface area (Å²) in [7, 11) is 0. The molecule has 2 amide bonds. The van der Waals surface area contributed by atoms with Crippen molar-refractivity contribution in [2.24, 2.45) is 11.8 Å². The molecule has 3 heterocycles. The number of anilines is 1. The van der Waals surface area contributed by atoms with Crippen molar-refractivity contribution < 1.29 is 32.0 Å². The van der Waals surface area contributed by atoms with Gasteiger partial charge in [0.1, 0.15) is 6.61 Å². The first-order valence-corrected chi connectivity index (χ1v) is 11.4. The number of nitrogens with zero attached hydrogens (tertiary/aromatic N) is 3. The maximum Gasteiger partial charge on any atom is 0.391 e. The molecule has 8 nitrogen and oxygen atoms in total. The monoisotopic (exact) mass is 480 g/mol. The third-order valence-corrected chi connectivity index (χ3v) is 6.48. The van der Waals surface area contributed by atoms with Crippen molar-refractivity contribution in [3.05, 3.63) is 35.8 Å². The first-order valence-electron chi connectivity index (χ1n) is 11.4. The number of halogens is 3. The van der Waals surface area contributed by atoms with Crippen LogP contribution in [-0.4, -0.2) is 52.2 Å². The zero-order chi connectivity index (χ0) is 24.3. The fraction of sp³-hybridized carbons (Fsp3) is 0.565. The quantitative estimate of drug-likeness (QED) is 0.660. The molecule has 1 atom stereocenters. The highest BCUT2D eigenvalue weighted by molar-refractivity contribution is 6.03. The average molecular weight is 480 g/mol. The third-order valence-electron chi connectivity index (χ3n) is 6.48. The van der Waals surface area contributed by atoms with Crippen molar-refractivity contribution in [1.82, 2.24) is 15.0 Å². The maximum absolute atomic E-state index is 13.1. The van der Waals surface area contributed by atoms with Gasteiger partial charge in [0, 0.05) is 24.7 Å². The van der Waals surface area contributed by atoms with Crippen LogP contribution in [0.15, 0.2) is 28.9 Å². The lowest BCUT2D eigenvalue weighted by Crippen LogP contribution is -2.44. The Hall–Kier alpha value is -3.11. The molecule has 34 heavy (non-hydrogen) atoms. The van der Waals surface area contributed by atoms with E-state index in [1.165, 1.54) is 6.20 Å². The van der Waals surface area contributed by atoms with E-state index in [4.69, 9.17) is 9.26 Å². The minimum absolute atomic E-state index is 0.00617. The number of carbonyl (C=O) groups is 2. The van der Waals surface area contributed by atoms with Crippen LogP contribution in [0.25, 0.3) is 0 Å². The number of aryl methyl sites for hydroxylation is 1. The Morgan fingerprint density at radius 1 is 1.24 bits per heavy atom. The second-order valence-electron chi connectivity index (χ2n) is 8.87. The van der Waals surface area contributed by atoms with Gasteiger partial charge in [0.2, 0.25) is 11.8 Å². The van der Waals surface area contributed by atoms with Crippen molar-refractivity contribution in [2.45, 2.75) is 57.7 Å². The lowest BCUT2D eigenvalue weighted by molar-refractivity contribution is -0.185. The average Bonchev–Trinajstić information content (AvgIpc) is 3.45. The minimum atomic E-state index is -4.20. The van der Waals surface area contributed by atoms with Gasteiger partial charge in [-0.25, -0.2) is 4.98 Å². The standard InChI is InChI=1S/C23H27F3N4O4/c1-14-12-19(34-29-14)28-21(31)20-18(5-2-10-27-20)33-13-17-4-3-11-30(17)22(32)15-6-8-16(9-7-15)23(24,25)26/h2,5,10,12,15-17H,3-4,6-9,11,13H2,1H3,(H,28,31)/t15-,16-,17-/m1/s1. The molecule has 184 valence electrons. The lowest BCUT2D eigenvalue weighted by atomic mass is 9.81. The molecule has 1 N–H and O–H groups in total. The maximum atomic E-state index is 13.1. The van der Waals surface area contributed by atoms with E-state index in [-0.39, 0.29) is 67.5 Å². The zero-order valence-corrected chi connectivity index (χ0v) is 18.8. The summed E-state index contributed by atoms with van der Waals surface area (Å²) < 4.78 is 49.8. The Morgan fingerprint density at radius 3 is 2.68 bits per heavy atom. The molecule has 1 aliphatic heterocycles. The number of pyridine rings is 1. The SMILES string of the molecule is Cc1cc(NC(=O)c2ncccc2OC[C@H]2CCCN2C(=O)[C@H]2CC[C@H](C(F)(F)F)CC2)on1. The number of amides is 2. The molecular formula is C23H27F3N4O4. The van der Waals surface area contributed by atoms with Crippen LogP contribution in [-0.2, 0) is 4.79 Å². The van der Waals surface area contributed by atoms with Gasteiger partial charge in [0.25, 0.3) is 5.91 Å². The summed E-state index contributed by atoms with van der Waals surface area (Å²) in [5.74, 6) is -1.87. The predicted octanol–water partition coefficient (Wildman–Crippen LogP) is 4.37. The Morgan fingerprint density at radius 2 is 2.00 bits per heavy atom. The van der Waals surface area contributed by atoms with E-state index in [0.29, 0.717) is 12.2 Å². The molecule has 1 saturated heterocycles. The fourth-order valence-electron chi connectivity index (χ4n) is 4.66. The van der Waals surface area contributed by atoms with E-state index in [9.17, 15) is 22.8 Å². The Balaban J connectivity index is 1.35. The molecule has 0 aromatic carbocycles. The zero-order valence-electron chi connectivity index (χ0n) is 18.8. The molecule has 0 radical (unpaired) electrons. The van der Waals surface area contributed by atoms with E-state index >= 15 is 0 Å². The van der Waals surface area contributed by atoms with Crippen LogP contribution in [0.5, 0.6) is 5.75 Å². The van der Waals surface area contributed by atoms with Crippen LogP contribution in [0.4, 0.5) is 19.1 Å². The number of rotatable bonds is 6. The van der Waals surface area contributed by atoms with Gasteiger partial charge in [-0.2, -0.15) is 13.2 Å². The normalized spacial score (nSPS) is 23.1. The largest absolute Gasteiger partial charge is 0.489 e. The molecule has 2 aliphatic rings. The molecule has 1 aliphatic carbocycles. The van der Waals surface area contributed by atoms with Crippen molar-refractivity contribution in [2.75, 3.05) is 18.5 Å². The van der Waals surface area contributed by atoms with Gasteiger partial charge in [-0.05, 0) is 57.6 Å². The Labute approximate surface area is 194 Å². The molecule has 4 rings (SSSR count). The summed E-state index contributed by atoms with van der Waals surface area (Å²) in [5, 5.41) is 6.30. The van der Waals surface area contributed by atoms with Gasteiger partial charge in [-0.1, -0.05) is 5.16 Å². The molecule has 11 heteroatoms. The molecule has 2 fully saturated rings. The van der Waals surface area contributed by atoms with Gasteiger partial charge in [0.15, 0.2) is 11.4 Å². The van der Waals surface area contributed by atoms with E-state index in [0.717, 1.165) is 12.8 Å². The number of nitrogens with one attached hydrogen (secondary N) is 1. The van der Waals surface area contributed by atoms with E-state index in [2.05, 4.69) is 15.5 Å². The molecular weight excluding hydrogens is 453 g/mol. The first kappa shape index (κ1) is 24.0. The number of hydrogen-bond acceptors (Lipinski definition) is 6. The van der Waals surface area contributed by atoms with Crippen molar-refractivity contribution in [3.8, 4) is 5.75 Å². The van der Waals surface area contributed by atoms with Crippen LogP contribution >= 0.6 is 0 Å². The summed E-state index contributed by atoms with van der Waals surface area (Å²) in [6.45, 7) is 2.44. The van der Waals surface area contributed by atoms with Crippen LogP contribution in [0, 0.1) is 18.8 Å². The Kier molecular flexibility index (Phi) is 7.08. The molecule has 0 spiro atoms. The smallest absolute Gasteiger partial charge is 0.391 e. The topological polar surface area (TPSA) is 97.6 Å². The Bertz CT molecular complexity index is 1020. The summed E-state index contributed by atoms with van der Waals surface area (Å²) in [4.78, 5) is 31.5. The first-order chi connectivity index (χ1) is 16.2. The summed E-state index contributed by atoms with van der Waals surface area (Å²) in [6.07, 6.45) is -0.719. The van der Waals surface area contributed by atoms with Gasteiger partial charge < -0.3 is 14.2 Å². The number of carbonyl (C=O) groups excluding carboxylic acids is 2. The van der Waals surface area contributed by atoms with Gasteiger partial charge >= 0.3 is 6.18 Å². The van der Waals surface area contributed by atoms with Gasteiger partial charge in [-0.3, -0.25) is 14.9 Å². The van der Waals surface area contributed by atoms with Gasteiger partial charge in [0.05, 0.1) is 17.7 Å². The number of likely N-dealkylation sites (tertiary alicyclic amines) is 1. The minimum Gasteiger partial charge on any atom is -0.489 e. The second-order valence-corrected chi connectivity index (χ2v) is 8.87. The fourth-order valence-corrected chi connectivity index (χ4v) is 4.66. The number of ether oxygens (including phenoxy) is 1. The van der Waals surface area contributed by atoms with Crippen LogP contribution in [0.2, 0.25) is 0 Å².